The van der Waals surface area contributed by atoms with Gasteiger partial charge >= 0.3 is 0 Å². The summed E-state index contributed by atoms with van der Waals surface area (Å²) in [6.07, 6.45) is 4.05. The smallest absolute Gasteiger partial charge is 0.292 e. The van der Waals surface area contributed by atoms with E-state index in [9.17, 15) is 4.79 Å². The molecule has 1 aromatic rings. The monoisotopic (exact) mass is 280 g/mol. The zero-order valence-electron chi connectivity index (χ0n) is 11.4. The second kappa shape index (κ2) is 6.32. The molecule has 20 heavy (non-hydrogen) atoms. The van der Waals surface area contributed by atoms with Crippen LogP contribution in [0.4, 0.5) is 0 Å². The van der Waals surface area contributed by atoms with Gasteiger partial charge in [-0.05, 0) is 38.1 Å². The highest BCUT2D eigenvalue weighted by molar-refractivity contribution is 5.90. The van der Waals surface area contributed by atoms with Gasteiger partial charge in [-0.1, -0.05) is 5.16 Å². The van der Waals surface area contributed by atoms with Crippen molar-refractivity contribution in [2.45, 2.75) is 31.7 Å². The van der Waals surface area contributed by atoms with Crippen molar-refractivity contribution in [2.24, 2.45) is 5.92 Å². The van der Waals surface area contributed by atoms with E-state index in [1.807, 2.05) is 0 Å². The van der Waals surface area contributed by atoms with Gasteiger partial charge in [0.05, 0.1) is 6.04 Å². The molecule has 2 aliphatic heterocycles. The van der Waals surface area contributed by atoms with Crippen LogP contribution in [0.5, 0.6) is 0 Å². The van der Waals surface area contributed by atoms with Crippen LogP contribution in [-0.2, 0) is 4.74 Å². The molecular formula is C13H20N4O3. The first kappa shape index (κ1) is 13.5. The van der Waals surface area contributed by atoms with Crippen LogP contribution in [0, 0.1) is 5.92 Å². The molecule has 0 bridgehead atoms. The van der Waals surface area contributed by atoms with Crippen LogP contribution in [0.3, 0.4) is 0 Å². The van der Waals surface area contributed by atoms with E-state index in [1.165, 1.54) is 0 Å². The van der Waals surface area contributed by atoms with E-state index in [0.29, 0.717) is 18.4 Å². The molecule has 3 rings (SSSR count). The first-order valence-corrected chi connectivity index (χ1v) is 7.26. The zero-order valence-corrected chi connectivity index (χ0v) is 11.4. The van der Waals surface area contributed by atoms with Gasteiger partial charge in [0.15, 0.2) is 0 Å². The standard InChI is InChI=1S/C13H20N4O3/c18-12(15-8-9-3-6-19-7-4-9)11-16-13(20-17-11)10-2-1-5-14-10/h9-10,14H,1-8H2,(H,15,18). The minimum atomic E-state index is -0.260. The number of carbonyl (C=O) groups is 1. The van der Waals surface area contributed by atoms with Gasteiger partial charge in [0.25, 0.3) is 11.7 Å². The van der Waals surface area contributed by atoms with Gasteiger partial charge in [-0.2, -0.15) is 4.98 Å². The van der Waals surface area contributed by atoms with E-state index < -0.39 is 0 Å². The molecule has 3 heterocycles. The van der Waals surface area contributed by atoms with Gasteiger partial charge < -0.3 is 19.9 Å². The SMILES string of the molecule is O=C(NCC1CCOCC1)c1noc(C2CCCN2)n1. The molecule has 1 atom stereocenters. The molecule has 0 aromatic carbocycles. The fourth-order valence-electron chi connectivity index (χ4n) is 2.63. The second-order valence-electron chi connectivity index (χ2n) is 5.37. The summed E-state index contributed by atoms with van der Waals surface area (Å²) in [7, 11) is 0. The largest absolute Gasteiger partial charge is 0.381 e. The van der Waals surface area contributed by atoms with E-state index in [0.717, 1.165) is 45.4 Å². The van der Waals surface area contributed by atoms with Crippen LogP contribution in [0.25, 0.3) is 0 Å². The molecule has 2 N–H and O–H groups in total. The number of nitrogens with zero attached hydrogens (tertiary/aromatic N) is 2. The van der Waals surface area contributed by atoms with Crippen molar-refractivity contribution in [1.82, 2.24) is 20.8 Å². The van der Waals surface area contributed by atoms with Crippen LogP contribution < -0.4 is 10.6 Å². The van der Waals surface area contributed by atoms with Crippen LogP contribution in [-0.4, -0.2) is 42.4 Å². The third-order valence-corrected chi connectivity index (χ3v) is 3.90. The Kier molecular flexibility index (Phi) is 4.27. The maximum atomic E-state index is 12.0. The molecule has 0 radical (unpaired) electrons. The summed E-state index contributed by atoms with van der Waals surface area (Å²) in [5.41, 5.74) is 0. The van der Waals surface area contributed by atoms with E-state index in [2.05, 4.69) is 20.8 Å². The summed E-state index contributed by atoms with van der Waals surface area (Å²) in [6.45, 7) is 3.16. The Hall–Kier alpha value is -1.47. The molecule has 0 aliphatic carbocycles. The van der Waals surface area contributed by atoms with Crippen molar-refractivity contribution < 1.29 is 14.1 Å². The number of aromatic nitrogens is 2. The zero-order chi connectivity index (χ0) is 13.8. The Morgan fingerprint density at radius 1 is 1.35 bits per heavy atom. The van der Waals surface area contributed by atoms with E-state index >= 15 is 0 Å². The van der Waals surface area contributed by atoms with Gasteiger partial charge in [-0.3, -0.25) is 4.79 Å². The lowest BCUT2D eigenvalue weighted by Crippen LogP contribution is -2.32. The Labute approximate surface area is 117 Å². The van der Waals surface area contributed by atoms with Gasteiger partial charge in [0, 0.05) is 19.8 Å². The van der Waals surface area contributed by atoms with Crippen molar-refractivity contribution in [3.05, 3.63) is 11.7 Å². The quantitative estimate of drug-likeness (QED) is 0.841. The van der Waals surface area contributed by atoms with Crippen molar-refractivity contribution in [3.8, 4) is 0 Å². The molecule has 7 heteroatoms. The van der Waals surface area contributed by atoms with E-state index in [-0.39, 0.29) is 17.8 Å². The topological polar surface area (TPSA) is 89.3 Å². The molecule has 0 spiro atoms. The first-order valence-electron chi connectivity index (χ1n) is 7.26. The number of rotatable bonds is 4. The number of hydrogen-bond donors (Lipinski definition) is 2. The highest BCUT2D eigenvalue weighted by Crippen LogP contribution is 2.21. The number of nitrogens with one attached hydrogen (secondary N) is 2. The fraction of sp³-hybridized carbons (Fsp3) is 0.769. The van der Waals surface area contributed by atoms with Gasteiger partial charge in [0.2, 0.25) is 5.89 Å². The number of hydrogen-bond acceptors (Lipinski definition) is 6. The predicted octanol–water partition coefficient (Wildman–Crippen LogP) is 0.650. The Balaban J connectivity index is 1.51. The molecular weight excluding hydrogens is 260 g/mol. The van der Waals surface area contributed by atoms with Crippen molar-refractivity contribution in [2.75, 3.05) is 26.3 Å². The lowest BCUT2D eigenvalue weighted by Gasteiger charge is -2.21. The second-order valence-corrected chi connectivity index (χ2v) is 5.37. The third-order valence-electron chi connectivity index (χ3n) is 3.90. The van der Waals surface area contributed by atoms with Crippen molar-refractivity contribution in [3.63, 3.8) is 0 Å². The summed E-state index contributed by atoms with van der Waals surface area (Å²) in [5.74, 6) is 0.861. The molecule has 2 saturated heterocycles. The number of ether oxygens (including phenoxy) is 1. The number of amides is 1. The number of carbonyl (C=O) groups excluding carboxylic acids is 1. The summed E-state index contributed by atoms with van der Waals surface area (Å²) in [4.78, 5) is 16.1. The van der Waals surface area contributed by atoms with E-state index in [1.54, 1.807) is 0 Å². The van der Waals surface area contributed by atoms with Gasteiger partial charge in [-0.15, -0.1) is 0 Å². The van der Waals surface area contributed by atoms with Gasteiger partial charge in [-0.25, -0.2) is 0 Å². The maximum absolute atomic E-state index is 12.0. The molecule has 2 fully saturated rings. The molecule has 7 nitrogen and oxygen atoms in total. The normalized spacial score (nSPS) is 23.9. The molecule has 1 aromatic heterocycles. The lowest BCUT2D eigenvalue weighted by molar-refractivity contribution is 0.0641. The Morgan fingerprint density at radius 3 is 2.95 bits per heavy atom. The average Bonchev–Trinajstić information content (AvgIpc) is 3.16. The summed E-state index contributed by atoms with van der Waals surface area (Å²) < 4.78 is 10.4. The van der Waals surface area contributed by atoms with Gasteiger partial charge in [0.1, 0.15) is 0 Å². The maximum Gasteiger partial charge on any atom is 0.292 e. The minimum absolute atomic E-state index is 0.0968. The summed E-state index contributed by atoms with van der Waals surface area (Å²) in [6, 6.07) is 0.0968. The van der Waals surface area contributed by atoms with Crippen LogP contribution >= 0.6 is 0 Å². The van der Waals surface area contributed by atoms with Crippen molar-refractivity contribution >= 4 is 5.91 Å². The average molecular weight is 280 g/mol. The first-order chi connectivity index (χ1) is 9.83. The van der Waals surface area contributed by atoms with E-state index in [4.69, 9.17) is 9.26 Å². The Morgan fingerprint density at radius 2 is 2.20 bits per heavy atom. The highest BCUT2D eigenvalue weighted by atomic mass is 16.5. The predicted molar refractivity (Wildman–Crippen MR) is 70.2 cm³/mol. The van der Waals surface area contributed by atoms with Crippen molar-refractivity contribution in [1.29, 1.82) is 0 Å². The van der Waals surface area contributed by atoms with Crippen LogP contribution in [0.1, 0.15) is 48.2 Å². The fourth-order valence-corrected chi connectivity index (χ4v) is 2.63. The molecule has 110 valence electrons. The Bertz CT molecular complexity index is 450. The lowest BCUT2D eigenvalue weighted by atomic mass is 10.0. The highest BCUT2D eigenvalue weighted by Gasteiger charge is 2.24. The van der Waals surface area contributed by atoms with Crippen LogP contribution in [0.15, 0.2) is 4.52 Å². The molecule has 1 unspecified atom stereocenters. The van der Waals surface area contributed by atoms with Crippen LogP contribution in [0.2, 0.25) is 0 Å². The third kappa shape index (κ3) is 3.16. The summed E-state index contributed by atoms with van der Waals surface area (Å²) in [5, 5.41) is 9.90. The molecule has 2 aliphatic rings. The summed E-state index contributed by atoms with van der Waals surface area (Å²) >= 11 is 0. The minimum Gasteiger partial charge on any atom is -0.381 e. The molecule has 0 saturated carbocycles. The molecule has 1 amide bonds.